The molecule has 0 aliphatic carbocycles. The lowest BCUT2D eigenvalue weighted by Crippen LogP contribution is -2.09. The van der Waals surface area contributed by atoms with Crippen LogP contribution in [0.2, 0.25) is 0 Å². The molecule has 3 aromatic carbocycles. The maximum atomic E-state index is 2.34. The van der Waals surface area contributed by atoms with E-state index in [-0.39, 0.29) is 0 Å². The molecule has 0 fully saturated rings. The first-order chi connectivity index (χ1) is 18.0. The average molecular weight is 534 g/mol. The summed E-state index contributed by atoms with van der Waals surface area (Å²) in [7, 11) is 0. The normalized spacial score (nSPS) is 11.1. The molecule has 0 saturated carbocycles. The minimum absolute atomic E-state index is 1.15. The lowest BCUT2D eigenvalue weighted by Gasteiger charge is -2.26. The number of thiophene rings is 3. The molecule has 37 heavy (non-hydrogen) atoms. The monoisotopic (exact) mass is 533 g/mol. The summed E-state index contributed by atoms with van der Waals surface area (Å²) in [5.74, 6) is 0. The van der Waals surface area contributed by atoms with Crippen LogP contribution < -0.4 is 4.90 Å². The van der Waals surface area contributed by atoms with Crippen molar-refractivity contribution in [3.05, 3.63) is 124 Å². The molecule has 182 valence electrons. The van der Waals surface area contributed by atoms with Crippen molar-refractivity contribution in [3.63, 3.8) is 0 Å². The van der Waals surface area contributed by atoms with Gasteiger partial charge in [-0.05, 0) is 125 Å². The average Bonchev–Trinajstić information content (AvgIpc) is 3.67. The number of nitrogens with zero attached hydrogens (tertiary/aromatic N) is 1. The van der Waals surface area contributed by atoms with Gasteiger partial charge in [-0.3, -0.25) is 0 Å². The van der Waals surface area contributed by atoms with Crippen LogP contribution in [-0.4, -0.2) is 0 Å². The van der Waals surface area contributed by atoms with E-state index in [1.807, 2.05) is 0 Å². The fraction of sp³-hybridized carbons (Fsp3) is 0.0909. The summed E-state index contributed by atoms with van der Waals surface area (Å²) < 4.78 is 0. The van der Waals surface area contributed by atoms with Gasteiger partial charge in [-0.25, -0.2) is 0 Å². The quantitative estimate of drug-likeness (QED) is 0.206. The Morgan fingerprint density at radius 1 is 0.405 bits per heavy atom. The molecule has 0 N–H and O–H groups in total. The molecule has 0 amide bonds. The van der Waals surface area contributed by atoms with Crippen LogP contribution in [0.15, 0.2) is 107 Å². The summed E-state index contributed by atoms with van der Waals surface area (Å²) in [4.78, 5) is 6.27. The van der Waals surface area contributed by atoms with Crippen LogP contribution in [0.3, 0.4) is 0 Å². The fourth-order valence-corrected chi connectivity index (χ4v) is 7.24. The molecule has 4 heteroatoms. The van der Waals surface area contributed by atoms with E-state index in [0.29, 0.717) is 0 Å². The van der Waals surface area contributed by atoms with Crippen LogP contribution in [0.4, 0.5) is 17.1 Å². The highest BCUT2D eigenvalue weighted by atomic mass is 32.1. The molecule has 0 atom stereocenters. The second-order valence-corrected chi connectivity index (χ2v) is 12.2. The van der Waals surface area contributed by atoms with Crippen LogP contribution in [0.25, 0.3) is 31.3 Å². The molecule has 0 bridgehead atoms. The summed E-state index contributed by atoms with van der Waals surface area (Å²) >= 11 is 5.40. The van der Waals surface area contributed by atoms with Crippen LogP contribution in [-0.2, 0) is 0 Å². The van der Waals surface area contributed by atoms with Crippen molar-refractivity contribution in [2.75, 3.05) is 4.90 Å². The van der Waals surface area contributed by atoms with Gasteiger partial charge in [0, 0.05) is 31.7 Å². The Labute approximate surface area is 230 Å². The lowest BCUT2D eigenvalue weighted by molar-refractivity contribution is 1.28. The summed E-state index contributed by atoms with van der Waals surface area (Å²) in [6.45, 7) is 6.45. The Morgan fingerprint density at radius 2 is 0.676 bits per heavy atom. The van der Waals surface area contributed by atoms with Gasteiger partial charge in [0.1, 0.15) is 0 Å². The molecular weight excluding hydrogens is 507 g/mol. The number of benzene rings is 3. The van der Waals surface area contributed by atoms with Crippen molar-refractivity contribution in [2.45, 2.75) is 20.8 Å². The van der Waals surface area contributed by atoms with E-state index < -0.39 is 0 Å². The second kappa shape index (κ2) is 10.1. The standard InChI is InChI=1S/C33H27NS3/c1-22-16-31(35-19-22)25-4-10-28(11-5-25)34(29-12-6-26(7-13-29)32-17-23(2)20-36-32)30-14-8-27(9-15-30)33-18-24(3)21-37-33/h4-21H,1-3H3. The molecule has 0 unspecified atom stereocenters. The molecule has 0 radical (unpaired) electrons. The zero-order valence-corrected chi connectivity index (χ0v) is 23.5. The highest BCUT2D eigenvalue weighted by Gasteiger charge is 2.14. The van der Waals surface area contributed by atoms with E-state index in [1.54, 1.807) is 34.0 Å². The highest BCUT2D eigenvalue weighted by molar-refractivity contribution is 7.14. The van der Waals surface area contributed by atoms with E-state index in [4.69, 9.17) is 0 Å². The highest BCUT2D eigenvalue weighted by Crippen LogP contribution is 2.39. The Bertz CT molecular complexity index is 1430. The number of anilines is 3. The van der Waals surface area contributed by atoms with Gasteiger partial charge in [0.05, 0.1) is 0 Å². The Kier molecular flexibility index (Phi) is 6.56. The van der Waals surface area contributed by atoms with E-state index in [1.165, 1.54) is 48.0 Å². The summed E-state index contributed by atoms with van der Waals surface area (Å²) in [5.41, 5.74) is 11.2. The van der Waals surface area contributed by atoms with E-state index >= 15 is 0 Å². The zero-order chi connectivity index (χ0) is 25.4. The van der Waals surface area contributed by atoms with Crippen molar-refractivity contribution < 1.29 is 0 Å². The molecule has 3 aromatic heterocycles. The van der Waals surface area contributed by atoms with Crippen LogP contribution in [0.1, 0.15) is 16.7 Å². The van der Waals surface area contributed by atoms with Crippen molar-refractivity contribution in [3.8, 4) is 31.3 Å². The van der Waals surface area contributed by atoms with E-state index in [9.17, 15) is 0 Å². The minimum atomic E-state index is 1.15. The topological polar surface area (TPSA) is 3.24 Å². The third-order valence-corrected chi connectivity index (χ3v) is 9.71. The van der Waals surface area contributed by atoms with Gasteiger partial charge < -0.3 is 4.90 Å². The fourth-order valence-electron chi connectivity index (χ4n) is 4.52. The van der Waals surface area contributed by atoms with Crippen LogP contribution in [0, 0.1) is 20.8 Å². The van der Waals surface area contributed by atoms with Crippen LogP contribution in [0.5, 0.6) is 0 Å². The molecule has 6 aromatic rings. The maximum absolute atomic E-state index is 2.34. The molecule has 1 nitrogen and oxygen atoms in total. The molecule has 3 heterocycles. The SMILES string of the molecule is Cc1csc(-c2ccc(N(c3ccc(-c4cc(C)cs4)cc3)c3ccc(-c4cc(C)cs4)cc3)cc2)c1. The number of hydrogen-bond donors (Lipinski definition) is 0. The van der Waals surface area contributed by atoms with Gasteiger partial charge in [-0.1, -0.05) is 36.4 Å². The lowest BCUT2D eigenvalue weighted by atomic mass is 10.1. The van der Waals surface area contributed by atoms with Crippen molar-refractivity contribution in [1.29, 1.82) is 0 Å². The van der Waals surface area contributed by atoms with Gasteiger partial charge >= 0.3 is 0 Å². The first-order valence-corrected chi connectivity index (χ1v) is 14.9. The van der Waals surface area contributed by atoms with Gasteiger partial charge in [0.15, 0.2) is 0 Å². The Balaban J connectivity index is 1.38. The first kappa shape index (κ1) is 23.9. The third kappa shape index (κ3) is 5.05. The largest absolute Gasteiger partial charge is 0.311 e. The zero-order valence-electron chi connectivity index (χ0n) is 21.1. The Hall–Kier alpha value is -3.44. The first-order valence-electron chi connectivity index (χ1n) is 12.3. The smallest absolute Gasteiger partial charge is 0.0462 e. The summed E-state index contributed by atoms with van der Waals surface area (Å²) in [5, 5.41) is 6.63. The number of rotatable bonds is 6. The van der Waals surface area contributed by atoms with Gasteiger partial charge in [-0.2, -0.15) is 0 Å². The molecule has 0 aliphatic heterocycles. The minimum Gasteiger partial charge on any atom is -0.311 e. The predicted molar refractivity (Wildman–Crippen MR) is 165 cm³/mol. The maximum Gasteiger partial charge on any atom is 0.0462 e. The van der Waals surface area contributed by atoms with Gasteiger partial charge in [0.25, 0.3) is 0 Å². The van der Waals surface area contributed by atoms with Crippen molar-refractivity contribution in [2.24, 2.45) is 0 Å². The predicted octanol–water partition coefficient (Wildman–Crippen LogP) is 11.3. The molecule has 0 aliphatic rings. The number of hydrogen-bond acceptors (Lipinski definition) is 4. The summed E-state index contributed by atoms with van der Waals surface area (Å²) in [6, 6.07) is 33.6. The van der Waals surface area contributed by atoms with Crippen molar-refractivity contribution in [1.82, 2.24) is 0 Å². The van der Waals surface area contributed by atoms with Crippen molar-refractivity contribution >= 4 is 51.1 Å². The Morgan fingerprint density at radius 3 is 0.892 bits per heavy atom. The summed E-state index contributed by atoms with van der Waals surface area (Å²) in [6.07, 6.45) is 0. The van der Waals surface area contributed by atoms with Gasteiger partial charge in [-0.15, -0.1) is 34.0 Å². The van der Waals surface area contributed by atoms with Gasteiger partial charge in [0.2, 0.25) is 0 Å². The molecule has 0 saturated heterocycles. The van der Waals surface area contributed by atoms with Crippen LogP contribution >= 0.6 is 34.0 Å². The molecule has 0 spiro atoms. The van der Waals surface area contributed by atoms with E-state index in [2.05, 4.69) is 133 Å². The second-order valence-electron chi connectivity index (χ2n) is 9.44. The molecule has 6 rings (SSSR count). The molecular formula is C33H27NS3. The number of aryl methyl sites for hydroxylation is 3. The van der Waals surface area contributed by atoms with E-state index in [0.717, 1.165) is 17.1 Å². The third-order valence-electron chi connectivity index (χ3n) is 6.42.